The van der Waals surface area contributed by atoms with Crippen LogP contribution in [0.1, 0.15) is 44.7 Å². The first-order chi connectivity index (χ1) is 12.1. The Kier molecular flexibility index (Phi) is 4.80. The van der Waals surface area contributed by atoms with Gasteiger partial charge >= 0.3 is 0 Å². The van der Waals surface area contributed by atoms with Crippen molar-refractivity contribution in [2.75, 3.05) is 13.1 Å². The van der Waals surface area contributed by atoms with Crippen molar-refractivity contribution >= 4 is 17.5 Å². The summed E-state index contributed by atoms with van der Waals surface area (Å²) in [7, 11) is 0. The minimum Gasteiger partial charge on any atom is -0.339 e. The van der Waals surface area contributed by atoms with Crippen molar-refractivity contribution in [3.8, 4) is 6.07 Å². The number of nitriles is 1. The Balaban J connectivity index is 1.76. The summed E-state index contributed by atoms with van der Waals surface area (Å²) in [6.07, 6.45) is 2.09. The highest BCUT2D eigenvalue weighted by molar-refractivity contribution is 6.00. The van der Waals surface area contributed by atoms with Crippen molar-refractivity contribution in [1.29, 1.82) is 5.26 Å². The summed E-state index contributed by atoms with van der Waals surface area (Å²) in [4.78, 5) is 26.7. The molecule has 3 rings (SSSR count). The third-order valence-corrected chi connectivity index (χ3v) is 4.30. The van der Waals surface area contributed by atoms with Crippen molar-refractivity contribution in [2.45, 2.75) is 19.8 Å². The molecule has 1 saturated heterocycles. The van der Waals surface area contributed by atoms with Crippen molar-refractivity contribution in [1.82, 2.24) is 10.2 Å². The Morgan fingerprint density at radius 1 is 1.12 bits per heavy atom. The average Bonchev–Trinajstić information content (AvgIpc) is 3.16. The lowest BCUT2D eigenvalue weighted by atomic mass is 10.0. The standard InChI is InChI=1S/C20H18N3O2/c1-14-11-16(7-8-18(14)20(25)23-9-2-3-10-23)19(24)22-17-6-4-5-15(12-17)13-21/h4-8,11-12H,2-3,9-10H2,1H3. The van der Waals surface area contributed by atoms with E-state index in [1.165, 1.54) is 0 Å². The predicted molar refractivity (Wildman–Crippen MR) is 93.6 cm³/mol. The van der Waals surface area contributed by atoms with E-state index in [9.17, 15) is 9.59 Å². The van der Waals surface area contributed by atoms with Gasteiger partial charge in [0.2, 0.25) is 0 Å². The molecule has 2 aromatic rings. The largest absolute Gasteiger partial charge is 0.339 e. The fourth-order valence-electron chi connectivity index (χ4n) is 2.95. The number of hydrogen-bond acceptors (Lipinski definition) is 3. The molecule has 2 amide bonds. The zero-order valence-electron chi connectivity index (χ0n) is 14.0. The van der Waals surface area contributed by atoms with Crippen molar-refractivity contribution in [2.24, 2.45) is 0 Å². The second-order valence-corrected chi connectivity index (χ2v) is 6.11. The van der Waals surface area contributed by atoms with Gasteiger partial charge in [0.15, 0.2) is 0 Å². The van der Waals surface area contributed by atoms with Gasteiger partial charge in [0.1, 0.15) is 0 Å². The zero-order chi connectivity index (χ0) is 17.8. The van der Waals surface area contributed by atoms with E-state index in [0.717, 1.165) is 31.5 Å². The maximum Gasteiger partial charge on any atom is 0.277 e. The smallest absolute Gasteiger partial charge is 0.277 e. The van der Waals surface area contributed by atoms with Crippen LogP contribution in [-0.2, 0) is 0 Å². The number of amides is 2. The third kappa shape index (κ3) is 3.69. The lowest BCUT2D eigenvalue weighted by molar-refractivity contribution is 0.0791. The molecule has 0 spiro atoms. The van der Waals surface area contributed by atoms with Crippen LogP contribution in [0.3, 0.4) is 0 Å². The predicted octanol–water partition coefficient (Wildman–Crippen LogP) is 3.18. The summed E-state index contributed by atoms with van der Waals surface area (Å²) in [5, 5.41) is 13.0. The first-order valence-electron chi connectivity index (χ1n) is 8.24. The normalized spacial score (nSPS) is 13.4. The fraction of sp³-hybridized carbons (Fsp3) is 0.250. The summed E-state index contributed by atoms with van der Waals surface area (Å²) >= 11 is 0. The molecule has 25 heavy (non-hydrogen) atoms. The van der Waals surface area contributed by atoms with E-state index in [1.54, 1.807) is 42.5 Å². The second kappa shape index (κ2) is 7.18. The van der Waals surface area contributed by atoms with E-state index < -0.39 is 5.91 Å². The van der Waals surface area contributed by atoms with Crippen molar-refractivity contribution in [3.05, 3.63) is 64.7 Å². The molecule has 1 aliphatic rings. The van der Waals surface area contributed by atoms with Gasteiger partial charge in [-0.2, -0.15) is 5.26 Å². The Morgan fingerprint density at radius 3 is 2.56 bits per heavy atom. The Hall–Kier alpha value is -3.13. The molecule has 1 fully saturated rings. The van der Waals surface area contributed by atoms with Gasteiger partial charge in [-0.3, -0.25) is 9.59 Å². The molecule has 125 valence electrons. The number of nitrogens with zero attached hydrogens (tertiary/aromatic N) is 3. The lowest BCUT2D eigenvalue weighted by Gasteiger charge is -2.17. The molecule has 1 aliphatic heterocycles. The third-order valence-electron chi connectivity index (χ3n) is 4.30. The molecule has 0 unspecified atom stereocenters. The highest BCUT2D eigenvalue weighted by atomic mass is 16.2. The number of benzene rings is 2. The van der Waals surface area contributed by atoms with E-state index in [0.29, 0.717) is 22.4 Å². The van der Waals surface area contributed by atoms with Gasteiger partial charge in [-0.25, -0.2) is 5.32 Å². The highest BCUT2D eigenvalue weighted by Gasteiger charge is 2.21. The summed E-state index contributed by atoms with van der Waals surface area (Å²) in [5.41, 5.74) is 2.72. The highest BCUT2D eigenvalue weighted by Crippen LogP contribution is 2.18. The van der Waals surface area contributed by atoms with Crippen LogP contribution in [0.5, 0.6) is 0 Å². The van der Waals surface area contributed by atoms with Crippen LogP contribution in [0, 0.1) is 18.3 Å². The first-order valence-corrected chi connectivity index (χ1v) is 8.24. The van der Waals surface area contributed by atoms with Crippen LogP contribution in [-0.4, -0.2) is 29.8 Å². The Bertz CT molecular complexity index is 861. The Labute approximate surface area is 146 Å². The molecule has 1 heterocycles. The summed E-state index contributed by atoms with van der Waals surface area (Å²) in [6.45, 7) is 3.42. The number of aryl methyl sites for hydroxylation is 1. The van der Waals surface area contributed by atoms with Gasteiger partial charge in [-0.15, -0.1) is 0 Å². The van der Waals surface area contributed by atoms with Crippen LogP contribution in [0.4, 0.5) is 5.69 Å². The van der Waals surface area contributed by atoms with Crippen LogP contribution in [0.25, 0.3) is 0 Å². The number of hydrogen-bond donors (Lipinski definition) is 0. The molecule has 0 saturated carbocycles. The summed E-state index contributed by atoms with van der Waals surface area (Å²) < 4.78 is 0. The van der Waals surface area contributed by atoms with Crippen molar-refractivity contribution in [3.63, 3.8) is 0 Å². The topological polar surface area (TPSA) is 75.3 Å². The van der Waals surface area contributed by atoms with Gasteiger partial charge in [0.05, 0.1) is 17.3 Å². The molecule has 0 bridgehead atoms. The van der Waals surface area contributed by atoms with Crippen LogP contribution < -0.4 is 5.32 Å². The molecule has 5 nitrogen and oxygen atoms in total. The van der Waals surface area contributed by atoms with E-state index in [1.807, 2.05) is 17.9 Å². The molecule has 0 aliphatic carbocycles. The minimum atomic E-state index is -0.390. The fourth-order valence-corrected chi connectivity index (χ4v) is 2.95. The number of rotatable bonds is 3. The molecule has 0 N–H and O–H groups in total. The average molecular weight is 332 g/mol. The van der Waals surface area contributed by atoms with E-state index in [4.69, 9.17) is 5.26 Å². The van der Waals surface area contributed by atoms with Gasteiger partial charge in [0, 0.05) is 24.2 Å². The molecular weight excluding hydrogens is 314 g/mol. The van der Waals surface area contributed by atoms with Gasteiger partial charge < -0.3 is 4.90 Å². The van der Waals surface area contributed by atoms with Gasteiger partial charge in [0.25, 0.3) is 11.8 Å². The monoisotopic (exact) mass is 332 g/mol. The van der Waals surface area contributed by atoms with Crippen LogP contribution >= 0.6 is 0 Å². The maximum atomic E-state index is 12.5. The summed E-state index contributed by atoms with van der Waals surface area (Å²) in [6, 6.07) is 13.6. The van der Waals surface area contributed by atoms with Gasteiger partial charge in [-0.05, 0) is 61.7 Å². The SMILES string of the molecule is Cc1cc(C(=O)[N]c2cccc(C#N)c2)ccc1C(=O)N1CCCC1. The molecule has 1 radical (unpaired) electrons. The quantitative estimate of drug-likeness (QED) is 0.866. The van der Waals surface area contributed by atoms with Crippen LogP contribution in [0.2, 0.25) is 0 Å². The molecular formula is C20H18N3O2. The molecule has 0 atom stereocenters. The maximum absolute atomic E-state index is 12.5. The van der Waals surface area contributed by atoms with E-state index in [2.05, 4.69) is 5.32 Å². The Morgan fingerprint density at radius 2 is 1.88 bits per heavy atom. The number of carbonyl (C=O) groups excluding carboxylic acids is 2. The van der Waals surface area contributed by atoms with Crippen molar-refractivity contribution < 1.29 is 9.59 Å². The van der Waals surface area contributed by atoms with Gasteiger partial charge in [-0.1, -0.05) is 6.07 Å². The molecule has 0 aromatic heterocycles. The minimum absolute atomic E-state index is 0.0210. The number of likely N-dealkylation sites (tertiary alicyclic amines) is 1. The number of carbonyl (C=O) groups is 2. The van der Waals surface area contributed by atoms with E-state index >= 15 is 0 Å². The summed E-state index contributed by atoms with van der Waals surface area (Å²) in [5.74, 6) is -0.369. The van der Waals surface area contributed by atoms with E-state index in [-0.39, 0.29) is 5.91 Å². The molecule has 2 aromatic carbocycles. The zero-order valence-corrected chi connectivity index (χ0v) is 14.0. The lowest BCUT2D eigenvalue weighted by Crippen LogP contribution is -2.28. The molecule has 5 heteroatoms. The second-order valence-electron chi connectivity index (χ2n) is 6.11. The van der Waals surface area contributed by atoms with Crippen LogP contribution in [0.15, 0.2) is 42.5 Å². The first kappa shape index (κ1) is 16.7.